The van der Waals surface area contributed by atoms with Crippen LogP contribution in [0.25, 0.3) is 10.8 Å². The summed E-state index contributed by atoms with van der Waals surface area (Å²) in [5.74, 6) is 0.438. The van der Waals surface area contributed by atoms with Gasteiger partial charge in [-0.15, -0.1) is 0 Å². The topological polar surface area (TPSA) is 50.4 Å². The maximum atomic E-state index is 12.1. The molecule has 3 aromatic rings. The van der Waals surface area contributed by atoms with Crippen LogP contribution in [-0.2, 0) is 6.42 Å². The number of Topliss-reactive ketones (excluding diaryl/α,β-unsaturated/α-hetero) is 1. The molecular formula is C16H12O3. The van der Waals surface area contributed by atoms with Crippen LogP contribution in [-0.4, -0.2) is 10.9 Å². The number of carbonyl (C=O) groups excluding carboxylic acids is 1. The molecule has 0 unspecified atom stereocenters. The first kappa shape index (κ1) is 11.5. The lowest BCUT2D eigenvalue weighted by Crippen LogP contribution is -2.02. The van der Waals surface area contributed by atoms with Crippen molar-refractivity contribution >= 4 is 16.6 Å². The van der Waals surface area contributed by atoms with Gasteiger partial charge in [0.1, 0.15) is 5.75 Å². The highest BCUT2D eigenvalue weighted by atomic mass is 16.3. The van der Waals surface area contributed by atoms with Crippen molar-refractivity contribution in [1.82, 2.24) is 0 Å². The molecule has 0 bridgehead atoms. The van der Waals surface area contributed by atoms with E-state index < -0.39 is 0 Å². The van der Waals surface area contributed by atoms with Gasteiger partial charge in [0.15, 0.2) is 5.76 Å². The van der Waals surface area contributed by atoms with Gasteiger partial charge in [-0.3, -0.25) is 4.79 Å². The Labute approximate surface area is 110 Å². The predicted octanol–water partition coefficient (Wildman–Crippen LogP) is 3.56. The van der Waals surface area contributed by atoms with Gasteiger partial charge in [-0.1, -0.05) is 30.3 Å². The average Bonchev–Trinajstić information content (AvgIpc) is 2.93. The Morgan fingerprint density at radius 1 is 1.05 bits per heavy atom. The number of rotatable bonds is 3. The summed E-state index contributed by atoms with van der Waals surface area (Å²) in [5.41, 5.74) is 0.803. The molecule has 3 nitrogen and oxygen atoms in total. The number of benzene rings is 2. The molecule has 1 heterocycles. The molecule has 0 aliphatic carbocycles. The molecule has 2 aromatic carbocycles. The summed E-state index contributed by atoms with van der Waals surface area (Å²) in [5, 5.41) is 11.6. The maximum Gasteiger partial charge on any atom is 0.202 e. The fourth-order valence-corrected chi connectivity index (χ4v) is 2.24. The summed E-state index contributed by atoms with van der Waals surface area (Å²) in [7, 11) is 0. The van der Waals surface area contributed by atoms with Crippen molar-refractivity contribution in [2.75, 3.05) is 0 Å². The molecule has 0 radical (unpaired) electrons. The number of hydrogen-bond acceptors (Lipinski definition) is 3. The van der Waals surface area contributed by atoms with Gasteiger partial charge in [0.05, 0.1) is 6.26 Å². The van der Waals surface area contributed by atoms with Crippen molar-refractivity contribution in [2.45, 2.75) is 6.42 Å². The van der Waals surface area contributed by atoms with Crippen LogP contribution < -0.4 is 0 Å². The Morgan fingerprint density at radius 3 is 2.58 bits per heavy atom. The Kier molecular flexibility index (Phi) is 2.80. The van der Waals surface area contributed by atoms with E-state index in [1.54, 1.807) is 24.3 Å². The Balaban J connectivity index is 2.04. The molecule has 1 N–H and O–H groups in total. The fraction of sp³-hybridized carbons (Fsp3) is 0.0625. The molecule has 0 aliphatic heterocycles. The van der Waals surface area contributed by atoms with Gasteiger partial charge in [0.25, 0.3) is 0 Å². The highest BCUT2D eigenvalue weighted by Crippen LogP contribution is 2.28. The van der Waals surface area contributed by atoms with E-state index >= 15 is 0 Å². The molecule has 0 saturated carbocycles. The van der Waals surface area contributed by atoms with Crippen LogP contribution >= 0.6 is 0 Å². The highest BCUT2D eigenvalue weighted by molar-refractivity contribution is 5.99. The summed E-state index contributed by atoms with van der Waals surface area (Å²) in [6.45, 7) is 0. The summed E-state index contributed by atoms with van der Waals surface area (Å²) in [6, 6.07) is 14.3. The maximum absolute atomic E-state index is 12.1. The molecule has 0 spiro atoms. The Bertz CT molecular complexity index is 722. The first-order valence-electron chi connectivity index (χ1n) is 6.02. The van der Waals surface area contributed by atoms with Crippen LogP contribution in [0.4, 0.5) is 0 Å². The Morgan fingerprint density at radius 2 is 1.84 bits per heavy atom. The van der Waals surface area contributed by atoms with Gasteiger partial charge >= 0.3 is 0 Å². The molecule has 0 atom stereocenters. The van der Waals surface area contributed by atoms with E-state index in [1.165, 1.54) is 6.26 Å². The smallest absolute Gasteiger partial charge is 0.202 e. The first-order chi connectivity index (χ1) is 9.25. The number of hydrogen-bond donors (Lipinski definition) is 1. The second-order valence-electron chi connectivity index (χ2n) is 4.37. The van der Waals surface area contributed by atoms with Gasteiger partial charge in [-0.2, -0.15) is 0 Å². The van der Waals surface area contributed by atoms with E-state index in [2.05, 4.69) is 0 Å². The zero-order valence-corrected chi connectivity index (χ0v) is 10.2. The molecule has 94 valence electrons. The zero-order chi connectivity index (χ0) is 13.2. The number of phenolic OH excluding ortho intramolecular Hbond substituents is 1. The van der Waals surface area contributed by atoms with Gasteiger partial charge in [0, 0.05) is 11.8 Å². The van der Waals surface area contributed by atoms with Gasteiger partial charge in [-0.25, -0.2) is 0 Å². The monoisotopic (exact) mass is 252 g/mol. The van der Waals surface area contributed by atoms with Crippen LogP contribution in [0.1, 0.15) is 16.1 Å². The van der Waals surface area contributed by atoms with Gasteiger partial charge < -0.3 is 9.52 Å². The van der Waals surface area contributed by atoms with E-state index in [1.807, 2.05) is 24.3 Å². The second kappa shape index (κ2) is 4.61. The van der Waals surface area contributed by atoms with Crippen LogP contribution in [0.2, 0.25) is 0 Å². The van der Waals surface area contributed by atoms with Crippen molar-refractivity contribution < 1.29 is 14.3 Å². The molecule has 1 aromatic heterocycles. The van der Waals surface area contributed by atoms with E-state index in [-0.39, 0.29) is 18.0 Å². The SMILES string of the molecule is O=C(Cc1cccc2cccc(O)c12)c1ccco1. The third kappa shape index (κ3) is 2.10. The molecule has 0 amide bonds. The minimum Gasteiger partial charge on any atom is -0.507 e. The number of aromatic hydroxyl groups is 1. The average molecular weight is 252 g/mol. The molecule has 3 heteroatoms. The van der Waals surface area contributed by atoms with Crippen LogP contribution in [0.5, 0.6) is 5.75 Å². The highest BCUT2D eigenvalue weighted by Gasteiger charge is 2.13. The van der Waals surface area contributed by atoms with Crippen molar-refractivity contribution in [2.24, 2.45) is 0 Å². The third-order valence-electron chi connectivity index (χ3n) is 3.12. The minimum absolute atomic E-state index is 0.0965. The summed E-state index contributed by atoms with van der Waals surface area (Å²) < 4.78 is 5.10. The van der Waals surface area contributed by atoms with E-state index in [0.29, 0.717) is 5.76 Å². The van der Waals surface area contributed by atoms with Gasteiger partial charge in [0.2, 0.25) is 5.78 Å². The molecule has 3 rings (SSSR count). The Hall–Kier alpha value is -2.55. The second-order valence-corrected chi connectivity index (χ2v) is 4.37. The summed E-state index contributed by atoms with van der Waals surface area (Å²) in [6.07, 6.45) is 1.69. The van der Waals surface area contributed by atoms with Crippen LogP contribution in [0.3, 0.4) is 0 Å². The van der Waals surface area contributed by atoms with Gasteiger partial charge in [-0.05, 0) is 29.1 Å². The van der Waals surface area contributed by atoms with Crippen LogP contribution in [0.15, 0.2) is 59.2 Å². The van der Waals surface area contributed by atoms with E-state index in [0.717, 1.165) is 16.3 Å². The fourth-order valence-electron chi connectivity index (χ4n) is 2.24. The van der Waals surface area contributed by atoms with Crippen molar-refractivity contribution in [3.05, 3.63) is 66.1 Å². The number of phenols is 1. The first-order valence-corrected chi connectivity index (χ1v) is 6.02. The molecule has 0 fully saturated rings. The van der Waals surface area contributed by atoms with E-state index in [9.17, 15) is 9.90 Å². The molecule has 19 heavy (non-hydrogen) atoms. The minimum atomic E-state index is -0.0965. The largest absolute Gasteiger partial charge is 0.507 e. The zero-order valence-electron chi connectivity index (χ0n) is 10.2. The van der Waals surface area contributed by atoms with Crippen molar-refractivity contribution in [3.8, 4) is 5.75 Å². The quantitative estimate of drug-likeness (QED) is 0.725. The lowest BCUT2D eigenvalue weighted by atomic mass is 9.99. The predicted molar refractivity (Wildman–Crippen MR) is 72.4 cm³/mol. The number of carbonyl (C=O) groups is 1. The number of fused-ring (bicyclic) bond motifs is 1. The number of ketones is 1. The molecular weight excluding hydrogens is 240 g/mol. The third-order valence-corrected chi connectivity index (χ3v) is 3.12. The van der Waals surface area contributed by atoms with Crippen LogP contribution in [0, 0.1) is 0 Å². The summed E-state index contributed by atoms with van der Waals surface area (Å²) >= 11 is 0. The van der Waals surface area contributed by atoms with Crippen molar-refractivity contribution in [3.63, 3.8) is 0 Å². The van der Waals surface area contributed by atoms with E-state index in [4.69, 9.17) is 4.42 Å². The molecule has 0 saturated heterocycles. The molecule has 0 aliphatic rings. The standard InChI is InChI=1S/C16H12O3/c17-13-7-2-5-11-4-1-6-12(16(11)13)10-14(18)15-8-3-9-19-15/h1-9,17H,10H2. The van der Waals surface area contributed by atoms with Crippen molar-refractivity contribution in [1.29, 1.82) is 0 Å². The lowest BCUT2D eigenvalue weighted by molar-refractivity contribution is 0.0967. The number of furan rings is 1. The normalized spacial score (nSPS) is 10.7. The summed E-state index contributed by atoms with van der Waals surface area (Å²) in [4.78, 5) is 12.1. The lowest BCUT2D eigenvalue weighted by Gasteiger charge is -2.07.